The number of nitrogens with zero attached hydrogens (tertiary/aromatic N) is 1. The molecule has 0 bridgehead atoms. The van der Waals surface area contributed by atoms with Gasteiger partial charge in [-0.3, -0.25) is 4.90 Å². The molecule has 0 radical (unpaired) electrons. The Hall–Kier alpha value is -0.0800. The molecule has 106 valence electrons. The molecule has 0 spiro atoms. The fraction of sp³-hybridized carbons (Fsp3) is 1.00. The second kappa shape index (κ2) is 6.38. The number of nitrogens with one attached hydrogen (secondary N) is 1. The molecule has 4 atom stereocenters. The van der Waals surface area contributed by atoms with Gasteiger partial charge >= 0.3 is 0 Å². The Bertz CT molecular complexity index is 247. The summed E-state index contributed by atoms with van der Waals surface area (Å²) in [5, 5.41) is 3.79. The van der Waals surface area contributed by atoms with Gasteiger partial charge < -0.3 is 5.32 Å². The lowest BCUT2D eigenvalue weighted by Gasteiger charge is -2.44. The van der Waals surface area contributed by atoms with Crippen molar-refractivity contribution in [2.24, 2.45) is 11.8 Å². The van der Waals surface area contributed by atoms with Crippen molar-refractivity contribution in [1.82, 2.24) is 10.2 Å². The summed E-state index contributed by atoms with van der Waals surface area (Å²) < 4.78 is 0. The van der Waals surface area contributed by atoms with Gasteiger partial charge in [-0.1, -0.05) is 26.7 Å². The molecule has 1 N–H and O–H groups in total. The van der Waals surface area contributed by atoms with Gasteiger partial charge in [-0.2, -0.15) is 0 Å². The van der Waals surface area contributed by atoms with Gasteiger partial charge in [0.25, 0.3) is 0 Å². The molecular formula is C16H32N2. The maximum absolute atomic E-state index is 3.79. The SMILES string of the molecule is CC1CC(C)C(C)N(C(C)CNC2CCCC2)C1. The first-order valence-electron chi connectivity index (χ1n) is 8.07. The van der Waals surface area contributed by atoms with Crippen molar-refractivity contribution in [3.8, 4) is 0 Å². The zero-order chi connectivity index (χ0) is 13.1. The Morgan fingerprint density at radius 2 is 1.83 bits per heavy atom. The number of piperidine rings is 1. The molecule has 18 heavy (non-hydrogen) atoms. The van der Waals surface area contributed by atoms with Crippen LogP contribution in [0.3, 0.4) is 0 Å². The van der Waals surface area contributed by atoms with Crippen LogP contribution in [0.2, 0.25) is 0 Å². The standard InChI is InChI=1S/C16H32N2/c1-12-9-13(2)15(4)18(11-12)14(3)10-17-16-7-5-6-8-16/h12-17H,5-11H2,1-4H3. The second-order valence-electron chi connectivity index (χ2n) is 6.99. The van der Waals surface area contributed by atoms with Crippen LogP contribution in [-0.4, -0.2) is 36.1 Å². The lowest BCUT2D eigenvalue weighted by Crippen LogP contribution is -2.53. The van der Waals surface area contributed by atoms with Crippen molar-refractivity contribution in [2.45, 2.75) is 77.9 Å². The van der Waals surface area contributed by atoms with E-state index in [9.17, 15) is 0 Å². The topological polar surface area (TPSA) is 15.3 Å². The van der Waals surface area contributed by atoms with E-state index in [4.69, 9.17) is 0 Å². The summed E-state index contributed by atoms with van der Waals surface area (Å²) in [7, 11) is 0. The van der Waals surface area contributed by atoms with E-state index in [1.807, 2.05) is 0 Å². The van der Waals surface area contributed by atoms with Gasteiger partial charge in [-0.15, -0.1) is 0 Å². The van der Waals surface area contributed by atoms with E-state index in [1.54, 1.807) is 0 Å². The van der Waals surface area contributed by atoms with E-state index in [0.29, 0.717) is 6.04 Å². The first-order chi connectivity index (χ1) is 8.58. The van der Waals surface area contributed by atoms with Crippen LogP contribution >= 0.6 is 0 Å². The van der Waals surface area contributed by atoms with Gasteiger partial charge in [0, 0.05) is 31.2 Å². The van der Waals surface area contributed by atoms with E-state index in [0.717, 1.165) is 23.9 Å². The van der Waals surface area contributed by atoms with E-state index >= 15 is 0 Å². The predicted molar refractivity (Wildman–Crippen MR) is 78.8 cm³/mol. The average Bonchev–Trinajstić information content (AvgIpc) is 2.83. The van der Waals surface area contributed by atoms with Crippen LogP contribution in [0.1, 0.15) is 59.8 Å². The van der Waals surface area contributed by atoms with Crippen molar-refractivity contribution < 1.29 is 0 Å². The number of hydrogen-bond donors (Lipinski definition) is 1. The summed E-state index contributed by atoms with van der Waals surface area (Å²) in [6.45, 7) is 12.1. The lowest BCUT2D eigenvalue weighted by atomic mass is 9.85. The van der Waals surface area contributed by atoms with Crippen LogP contribution < -0.4 is 5.32 Å². The zero-order valence-electron chi connectivity index (χ0n) is 12.8. The summed E-state index contributed by atoms with van der Waals surface area (Å²) >= 11 is 0. The van der Waals surface area contributed by atoms with Crippen molar-refractivity contribution in [2.75, 3.05) is 13.1 Å². The molecule has 1 heterocycles. The van der Waals surface area contributed by atoms with Crippen LogP contribution in [0.15, 0.2) is 0 Å². The van der Waals surface area contributed by atoms with Gasteiger partial charge in [0.1, 0.15) is 0 Å². The third-order valence-electron chi connectivity index (χ3n) is 5.27. The van der Waals surface area contributed by atoms with Gasteiger partial charge in [0.05, 0.1) is 0 Å². The first-order valence-corrected chi connectivity index (χ1v) is 8.07. The fourth-order valence-corrected chi connectivity index (χ4v) is 3.92. The maximum Gasteiger partial charge on any atom is 0.0195 e. The van der Waals surface area contributed by atoms with E-state index < -0.39 is 0 Å². The van der Waals surface area contributed by atoms with Gasteiger partial charge in [0.15, 0.2) is 0 Å². The molecule has 2 heteroatoms. The molecule has 0 aromatic heterocycles. The summed E-state index contributed by atoms with van der Waals surface area (Å²) in [6, 6.07) is 2.25. The molecule has 1 saturated carbocycles. The molecule has 1 aliphatic heterocycles. The van der Waals surface area contributed by atoms with Gasteiger partial charge in [-0.05, 0) is 44.9 Å². The molecule has 0 amide bonds. The molecule has 2 rings (SSSR count). The van der Waals surface area contributed by atoms with E-state index in [1.165, 1.54) is 45.2 Å². The molecular weight excluding hydrogens is 220 g/mol. The monoisotopic (exact) mass is 252 g/mol. The van der Waals surface area contributed by atoms with Crippen molar-refractivity contribution >= 4 is 0 Å². The van der Waals surface area contributed by atoms with Crippen molar-refractivity contribution in [3.63, 3.8) is 0 Å². The largest absolute Gasteiger partial charge is 0.312 e. The lowest BCUT2D eigenvalue weighted by molar-refractivity contribution is 0.0456. The molecule has 0 aromatic rings. The van der Waals surface area contributed by atoms with Crippen LogP contribution in [0.4, 0.5) is 0 Å². The summed E-state index contributed by atoms with van der Waals surface area (Å²) in [5.74, 6) is 1.72. The number of rotatable bonds is 4. The van der Waals surface area contributed by atoms with E-state index in [2.05, 4.69) is 37.9 Å². The van der Waals surface area contributed by atoms with Crippen molar-refractivity contribution in [1.29, 1.82) is 0 Å². The molecule has 1 aliphatic carbocycles. The molecule has 0 aromatic carbocycles. The molecule has 2 nitrogen and oxygen atoms in total. The minimum Gasteiger partial charge on any atom is -0.312 e. The zero-order valence-corrected chi connectivity index (χ0v) is 12.8. The van der Waals surface area contributed by atoms with Crippen molar-refractivity contribution in [3.05, 3.63) is 0 Å². The van der Waals surface area contributed by atoms with Crippen LogP contribution in [0, 0.1) is 11.8 Å². The Morgan fingerprint density at radius 3 is 2.50 bits per heavy atom. The van der Waals surface area contributed by atoms with Crippen LogP contribution in [0.5, 0.6) is 0 Å². The Labute approximate surface area is 114 Å². The molecule has 2 aliphatic rings. The van der Waals surface area contributed by atoms with Gasteiger partial charge in [-0.25, -0.2) is 0 Å². The quantitative estimate of drug-likeness (QED) is 0.826. The minimum atomic E-state index is 0.686. The first kappa shape index (κ1) is 14.3. The predicted octanol–water partition coefficient (Wildman–Crippen LogP) is 3.27. The van der Waals surface area contributed by atoms with E-state index in [-0.39, 0.29) is 0 Å². The molecule has 4 unspecified atom stereocenters. The summed E-state index contributed by atoms with van der Waals surface area (Å²) in [5.41, 5.74) is 0. The third-order valence-corrected chi connectivity index (χ3v) is 5.27. The highest BCUT2D eigenvalue weighted by molar-refractivity contribution is 4.86. The smallest absolute Gasteiger partial charge is 0.0195 e. The maximum atomic E-state index is 3.79. The highest BCUT2D eigenvalue weighted by Crippen LogP contribution is 2.28. The molecule has 1 saturated heterocycles. The minimum absolute atomic E-state index is 0.686. The van der Waals surface area contributed by atoms with Crippen LogP contribution in [-0.2, 0) is 0 Å². The van der Waals surface area contributed by atoms with Crippen LogP contribution in [0.25, 0.3) is 0 Å². The highest BCUT2D eigenvalue weighted by atomic mass is 15.2. The summed E-state index contributed by atoms with van der Waals surface area (Å²) in [4.78, 5) is 2.74. The number of likely N-dealkylation sites (tertiary alicyclic amines) is 1. The Balaban J connectivity index is 1.80. The third kappa shape index (κ3) is 3.48. The Kier molecular flexibility index (Phi) is 5.08. The second-order valence-corrected chi connectivity index (χ2v) is 6.99. The Morgan fingerprint density at radius 1 is 1.17 bits per heavy atom. The normalized spacial score (nSPS) is 37.0. The fourth-order valence-electron chi connectivity index (χ4n) is 3.92. The summed E-state index contributed by atoms with van der Waals surface area (Å²) in [6.07, 6.45) is 7.06. The highest BCUT2D eigenvalue weighted by Gasteiger charge is 2.31. The number of hydrogen-bond acceptors (Lipinski definition) is 2. The average molecular weight is 252 g/mol. The van der Waals surface area contributed by atoms with Gasteiger partial charge in [0.2, 0.25) is 0 Å². The molecule has 2 fully saturated rings.